The molecule has 4 N–H and O–H groups in total. The minimum atomic E-state index is -1.42. The van der Waals surface area contributed by atoms with Gasteiger partial charge in [0.15, 0.2) is 35.1 Å². The van der Waals surface area contributed by atoms with Crippen LogP contribution in [-0.4, -0.2) is 66.0 Å². The van der Waals surface area contributed by atoms with Crippen LogP contribution in [0, 0.1) is 0 Å². The minimum absolute atomic E-state index is 0.320. The fraction of sp³-hybridized carbons (Fsp3) is 0.261. The molecule has 1 aliphatic heterocycles. The van der Waals surface area contributed by atoms with E-state index in [1.54, 1.807) is 12.3 Å². The summed E-state index contributed by atoms with van der Waals surface area (Å²) in [6.07, 6.45) is -0.633. The summed E-state index contributed by atoms with van der Waals surface area (Å²) in [4.78, 5) is 29.9. The first-order chi connectivity index (χ1) is 17.0. The maximum atomic E-state index is 12.1. The number of aliphatic hydroxyl groups excluding tert-OH is 2. The second-order valence-corrected chi connectivity index (χ2v) is 8.43. The van der Waals surface area contributed by atoms with E-state index in [-0.39, 0.29) is 0 Å². The van der Waals surface area contributed by atoms with Gasteiger partial charge in [-0.05, 0) is 11.6 Å². The van der Waals surface area contributed by atoms with Gasteiger partial charge in [-0.3, -0.25) is 14.3 Å². The van der Waals surface area contributed by atoms with Crippen molar-refractivity contribution in [3.63, 3.8) is 0 Å². The van der Waals surface area contributed by atoms with Crippen molar-refractivity contribution in [2.24, 2.45) is 0 Å². The molecule has 0 bridgehead atoms. The van der Waals surface area contributed by atoms with Gasteiger partial charge in [0.25, 0.3) is 5.91 Å². The molecule has 1 fully saturated rings. The van der Waals surface area contributed by atoms with Crippen LogP contribution >= 0.6 is 11.6 Å². The molecule has 35 heavy (non-hydrogen) atoms. The summed E-state index contributed by atoms with van der Waals surface area (Å²) in [6.45, 7) is 0.479. The first kappa shape index (κ1) is 23.1. The molecule has 4 aromatic rings. The zero-order valence-electron chi connectivity index (χ0n) is 18.5. The normalized spacial score (nSPS) is 21.8. The number of likely N-dealkylation sites (N-methyl/N-ethyl adjacent to an activating group) is 1. The molecule has 180 valence electrons. The number of aliphatic hydroxyl groups is 2. The van der Waals surface area contributed by atoms with Crippen molar-refractivity contribution in [3.05, 3.63) is 65.7 Å². The number of anilines is 1. The van der Waals surface area contributed by atoms with E-state index in [0.29, 0.717) is 39.9 Å². The maximum Gasteiger partial charge on any atom is 0.251 e. The van der Waals surface area contributed by atoms with Crippen LogP contribution < -0.4 is 10.6 Å². The van der Waals surface area contributed by atoms with E-state index in [1.165, 1.54) is 24.1 Å². The summed E-state index contributed by atoms with van der Waals surface area (Å²) in [5.74, 6) is 0.221. The average Bonchev–Trinajstić information content (AvgIpc) is 3.43. The Labute approximate surface area is 204 Å². The standard InChI is InChI=1S/C23H22ClN7O4/c1-25-22(34)18-16(32)17(33)23(35-18)31-11-28-15-20(27-8-12-5-3-2-4-6-12)29-19(30-21(15)31)13-7-14(24)10-26-9-13/h2-7,9-11,16-18,23,32-33H,8H2,1H3,(H,25,34)(H,27,29,30)/t16-,17+,18-,23+/m0/s1. The maximum absolute atomic E-state index is 12.1. The van der Waals surface area contributed by atoms with Gasteiger partial charge in [-0.15, -0.1) is 0 Å². The van der Waals surface area contributed by atoms with Gasteiger partial charge < -0.3 is 25.6 Å². The molecule has 0 spiro atoms. The van der Waals surface area contributed by atoms with Crippen LogP contribution in [0.25, 0.3) is 22.6 Å². The lowest BCUT2D eigenvalue weighted by Gasteiger charge is -2.17. The molecular formula is C23H22ClN7O4. The Morgan fingerprint density at radius 3 is 2.71 bits per heavy atom. The zero-order chi connectivity index (χ0) is 24.5. The summed E-state index contributed by atoms with van der Waals surface area (Å²) in [6, 6.07) is 11.5. The quantitative estimate of drug-likeness (QED) is 0.312. The molecule has 1 amide bonds. The molecule has 3 aromatic heterocycles. The van der Waals surface area contributed by atoms with Gasteiger partial charge in [0.05, 0.1) is 11.3 Å². The molecule has 5 rings (SSSR count). The fourth-order valence-corrected chi connectivity index (χ4v) is 4.09. The summed E-state index contributed by atoms with van der Waals surface area (Å²) in [7, 11) is 1.42. The smallest absolute Gasteiger partial charge is 0.251 e. The Bertz CT molecular complexity index is 1370. The third kappa shape index (κ3) is 4.42. The highest BCUT2D eigenvalue weighted by Gasteiger charge is 2.47. The topological polar surface area (TPSA) is 147 Å². The summed E-state index contributed by atoms with van der Waals surface area (Å²) in [5.41, 5.74) is 2.37. The fourth-order valence-electron chi connectivity index (χ4n) is 3.92. The van der Waals surface area contributed by atoms with Crippen molar-refractivity contribution < 1.29 is 19.7 Å². The number of fused-ring (bicyclic) bond motifs is 1. The van der Waals surface area contributed by atoms with Crippen molar-refractivity contribution in [3.8, 4) is 11.4 Å². The van der Waals surface area contributed by atoms with Crippen molar-refractivity contribution in [1.82, 2.24) is 29.8 Å². The number of imidazole rings is 1. The molecule has 1 saturated heterocycles. The van der Waals surface area contributed by atoms with E-state index < -0.39 is 30.4 Å². The lowest BCUT2D eigenvalue weighted by molar-refractivity contribution is -0.137. The lowest BCUT2D eigenvalue weighted by atomic mass is 10.1. The lowest BCUT2D eigenvalue weighted by Crippen LogP contribution is -2.41. The number of benzene rings is 1. The predicted octanol–water partition coefficient (Wildman–Crippen LogP) is 1.52. The minimum Gasteiger partial charge on any atom is -0.387 e. The molecule has 4 heterocycles. The second kappa shape index (κ2) is 9.55. The Morgan fingerprint density at radius 1 is 1.17 bits per heavy atom. The number of amides is 1. The first-order valence-corrected chi connectivity index (χ1v) is 11.2. The van der Waals surface area contributed by atoms with Crippen molar-refractivity contribution in [2.45, 2.75) is 31.1 Å². The van der Waals surface area contributed by atoms with Gasteiger partial charge in [0.1, 0.15) is 12.2 Å². The highest BCUT2D eigenvalue weighted by Crippen LogP contribution is 2.33. The van der Waals surface area contributed by atoms with Crippen LogP contribution in [0.3, 0.4) is 0 Å². The van der Waals surface area contributed by atoms with Crippen LogP contribution in [0.5, 0.6) is 0 Å². The van der Waals surface area contributed by atoms with Gasteiger partial charge in [-0.25, -0.2) is 15.0 Å². The SMILES string of the molecule is CNC(=O)[C@H]1O[C@@H](n2cnc3c(NCc4ccccc4)nc(-c4cncc(Cl)c4)nc32)[C@H](O)[C@@H]1O. The Balaban J connectivity index is 1.58. The molecule has 1 aliphatic rings. The number of carbonyl (C=O) groups is 1. The number of rotatable bonds is 6. The Kier molecular flexibility index (Phi) is 6.31. The zero-order valence-corrected chi connectivity index (χ0v) is 19.3. The number of hydrogen-bond donors (Lipinski definition) is 4. The van der Waals surface area contributed by atoms with Gasteiger partial charge in [-0.2, -0.15) is 0 Å². The van der Waals surface area contributed by atoms with Crippen molar-refractivity contribution in [1.29, 1.82) is 0 Å². The monoisotopic (exact) mass is 495 g/mol. The number of nitrogens with zero attached hydrogens (tertiary/aromatic N) is 5. The van der Waals surface area contributed by atoms with Crippen molar-refractivity contribution >= 4 is 34.5 Å². The number of halogens is 1. The number of aromatic nitrogens is 5. The van der Waals surface area contributed by atoms with E-state index in [2.05, 4.69) is 30.6 Å². The Morgan fingerprint density at radius 2 is 1.97 bits per heavy atom. The molecule has 4 atom stereocenters. The first-order valence-electron chi connectivity index (χ1n) is 10.8. The number of pyridine rings is 1. The molecule has 0 saturated carbocycles. The highest BCUT2D eigenvalue weighted by atomic mass is 35.5. The van der Waals surface area contributed by atoms with Crippen molar-refractivity contribution in [2.75, 3.05) is 12.4 Å². The third-order valence-corrected chi connectivity index (χ3v) is 5.91. The van der Waals surface area contributed by atoms with Crippen LogP contribution in [-0.2, 0) is 16.1 Å². The van der Waals surface area contributed by atoms with Crippen LogP contribution in [0.15, 0.2) is 55.1 Å². The summed E-state index contributed by atoms with van der Waals surface area (Å²) in [5, 5.41) is 27.2. The molecule has 11 nitrogen and oxygen atoms in total. The van der Waals surface area contributed by atoms with Gasteiger partial charge >= 0.3 is 0 Å². The van der Waals surface area contributed by atoms with Gasteiger partial charge in [0, 0.05) is 31.5 Å². The van der Waals surface area contributed by atoms with Crippen LogP contribution in [0.4, 0.5) is 5.82 Å². The second-order valence-electron chi connectivity index (χ2n) is 7.99. The third-order valence-electron chi connectivity index (χ3n) is 5.70. The summed E-state index contributed by atoms with van der Waals surface area (Å²) >= 11 is 6.13. The van der Waals surface area contributed by atoms with Gasteiger partial charge in [-0.1, -0.05) is 41.9 Å². The van der Waals surface area contributed by atoms with E-state index >= 15 is 0 Å². The molecule has 12 heteroatoms. The van der Waals surface area contributed by atoms with Crippen LogP contribution in [0.2, 0.25) is 5.02 Å². The van der Waals surface area contributed by atoms with E-state index in [0.717, 1.165) is 5.56 Å². The summed E-state index contributed by atoms with van der Waals surface area (Å²) < 4.78 is 7.20. The molecule has 1 aromatic carbocycles. The number of carbonyl (C=O) groups excluding carboxylic acids is 1. The molecule has 0 radical (unpaired) electrons. The number of hydrogen-bond acceptors (Lipinski definition) is 9. The molecule has 0 aliphatic carbocycles. The van der Waals surface area contributed by atoms with Crippen LogP contribution in [0.1, 0.15) is 11.8 Å². The molecular weight excluding hydrogens is 474 g/mol. The highest BCUT2D eigenvalue weighted by molar-refractivity contribution is 6.30. The number of nitrogens with one attached hydrogen (secondary N) is 2. The van der Waals surface area contributed by atoms with E-state index in [1.807, 2.05) is 30.3 Å². The largest absolute Gasteiger partial charge is 0.387 e. The average molecular weight is 496 g/mol. The van der Waals surface area contributed by atoms with E-state index in [9.17, 15) is 15.0 Å². The molecule has 0 unspecified atom stereocenters. The van der Waals surface area contributed by atoms with Gasteiger partial charge in [0.2, 0.25) is 0 Å². The number of ether oxygens (including phenoxy) is 1. The Hall–Kier alpha value is -3.64. The predicted molar refractivity (Wildman–Crippen MR) is 127 cm³/mol. The van der Waals surface area contributed by atoms with E-state index in [4.69, 9.17) is 16.3 Å².